The molecule has 116 valence electrons. The Kier molecular flexibility index (Phi) is 6.01. The summed E-state index contributed by atoms with van der Waals surface area (Å²) in [7, 11) is 0. The van der Waals surface area contributed by atoms with Crippen molar-refractivity contribution in [1.29, 1.82) is 0 Å². The lowest BCUT2D eigenvalue weighted by Crippen LogP contribution is -2.43. The molecule has 0 aliphatic carbocycles. The molecule has 0 aromatic heterocycles. The molecule has 0 radical (unpaired) electrons. The highest BCUT2D eigenvalue weighted by Crippen LogP contribution is 2.20. The molecule has 1 aromatic rings. The van der Waals surface area contributed by atoms with Crippen molar-refractivity contribution in [3.8, 4) is 0 Å². The molecule has 2 nitrogen and oxygen atoms in total. The van der Waals surface area contributed by atoms with Gasteiger partial charge in [0.15, 0.2) is 0 Å². The highest BCUT2D eigenvalue weighted by molar-refractivity contribution is 5.28. The van der Waals surface area contributed by atoms with E-state index in [1.807, 2.05) is 0 Å². The van der Waals surface area contributed by atoms with Crippen LogP contribution in [0.15, 0.2) is 35.9 Å². The summed E-state index contributed by atoms with van der Waals surface area (Å²) in [6.45, 7) is 12.4. The van der Waals surface area contributed by atoms with Crippen LogP contribution in [0, 0.1) is 6.92 Å². The van der Waals surface area contributed by atoms with Crippen LogP contribution in [0.1, 0.15) is 50.8 Å². The number of likely N-dealkylation sites (tertiary alicyclic amines) is 1. The molecule has 1 heterocycles. The fourth-order valence-electron chi connectivity index (χ4n) is 3.11. The Morgan fingerprint density at radius 3 is 2.57 bits per heavy atom. The summed E-state index contributed by atoms with van der Waals surface area (Å²) in [6.07, 6.45) is 4.85. The van der Waals surface area contributed by atoms with E-state index in [2.05, 4.69) is 68.3 Å². The molecular formula is C19H30N2. The van der Waals surface area contributed by atoms with E-state index in [1.54, 1.807) is 0 Å². The van der Waals surface area contributed by atoms with Gasteiger partial charge < -0.3 is 5.32 Å². The Morgan fingerprint density at radius 1 is 1.29 bits per heavy atom. The topological polar surface area (TPSA) is 15.3 Å². The minimum absolute atomic E-state index is 0.445. The molecule has 0 bridgehead atoms. The van der Waals surface area contributed by atoms with Crippen molar-refractivity contribution in [2.75, 3.05) is 19.6 Å². The molecule has 0 unspecified atom stereocenters. The summed E-state index contributed by atoms with van der Waals surface area (Å²) in [5, 5.41) is 3.82. The standard InChI is InChI=1S/C19H30N2/c1-15(2)9-12-21-13-10-18(11-14-21)20-17(4)19-8-6-5-7-16(19)3/h5-9,17-18,20H,10-14H2,1-4H3/t17-/m0/s1. The third kappa shape index (κ3) is 4.98. The molecule has 2 heteroatoms. The number of rotatable bonds is 5. The number of allylic oxidation sites excluding steroid dienone is 1. The van der Waals surface area contributed by atoms with Gasteiger partial charge in [0, 0.05) is 18.6 Å². The number of nitrogens with zero attached hydrogens (tertiary/aromatic N) is 1. The normalized spacial score (nSPS) is 18.5. The Balaban J connectivity index is 1.81. The van der Waals surface area contributed by atoms with Crippen molar-refractivity contribution in [1.82, 2.24) is 10.2 Å². The van der Waals surface area contributed by atoms with Gasteiger partial charge in [-0.2, -0.15) is 0 Å². The second-order valence-electron chi connectivity index (χ2n) is 6.60. The average Bonchev–Trinajstić information content (AvgIpc) is 2.47. The van der Waals surface area contributed by atoms with Crippen LogP contribution >= 0.6 is 0 Å². The Bertz CT molecular complexity index is 466. The molecule has 1 fully saturated rings. The van der Waals surface area contributed by atoms with Crippen molar-refractivity contribution in [2.24, 2.45) is 0 Å². The van der Waals surface area contributed by atoms with Gasteiger partial charge in [-0.1, -0.05) is 35.9 Å². The van der Waals surface area contributed by atoms with E-state index in [1.165, 1.54) is 42.6 Å². The summed E-state index contributed by atoms with van der Waals surface area (Å²) >= 11 is 0. The van der Waals surface area contributed by atoms with Crippen molar-refractivity contribution < 1.29 is 0 Å². The van der Waals surface area contributed by atoms with E-state index in [-0.39, 0.29) is 0 Å². The lowest BCUT2D eigenvalue weighted by molar-refractivity contribution is 0.208. The summed E-state index contributed by atoms with van der Waals surface area (Å²) in [6, 6.07) is 9.81. The first-order valence-electron chi connectivity index (χ1n) is 8.23. The van der Waals surface area contributed by atoms with Crippen LogP contribution in [0.2, 0.25) is 0 Å². The lowest BCUT2D eigenvalue weighted by atomic mass is 9.99. The van der Waals surface area contributed by atoms with Crippen LogP contribution in [0.4, 0.5) is 0 Å². The third-order valence-electron chi connectivity index (χ3n) is 4.49. The predicted octanol–water partition coefficient (Wildman–Crippen LogP) is 4.08. The lowest BCUT2D eigenvalue weighted by Gasteiger charge is -2.33. The van der Waals surface area contributed by atoms with Crippen molar-refractivity contribution >= 4 is 0 Å². The molecular weight excluding hydrogens is 256 g/mol. The Morgan fingerprint density at radius 2 is 1.95 bits per heavy atom. The minimum atomic E-state index is 0.445. The average molecular weight is 286 g/mol. The van der Waals surface area contributed by atoms with E-state index in [4.69, 9.17) is 0 Å². The van der Waals surface area contributed by atoms with E-state index >= 15 is 0 Å². The van der Waals surface area contributed by atoms with Crippen LogP contribution in [-0.2, 0) is 0 Å². The van der Waals surface area contributed by atoms with Crippen LogP contribution in [0.5, 0.6) is 0 Å². The molecule has 0 amide bonds. The van der Waals surface area contributed by atoms with Crippen molar-refractivity contribution in [2.45, 2.75) is 52.6 Å². The van der Waals surface area contributed by atoms with Crippen LogP contribution in [0.25, 0.3) is 0 Å². The van der Waals surface area contributed by atoms with Gasteiger partial charge in [-0.15, -0.1) is 0 Å². The number of aryl methyl sites for hydroxylation is 1. The van der Waals surface area contributed by atoms with Crippen LogP contribution in [-0.4, -0.2) is 30.6 Å². The van der Waals surface area contributed by atoms with Gasteiger partial charge in [0.2, 0.25) is 0 Å². The second kappa shape index (κ2) is 7.77. The van der Waals surface area contributed by atoms with Crippen LogP contribution in [0.3, 0.4) is 0 Å². The molecule has 1 aromatic carbocycles. The SMILES string of the molecule is CC(C)=CCN1CCC(N[C@@H](C)c2ccccc2C)CC1. The summed E-state index contributed by atoms with van der Waals surface area (Å²) in [5.74, 6) is 0. The van der Waals surface area contributed by atoms with E-state index in [9.17, 15) is 0 Å². The monoisotopic (exact) mass is 286 g/mol. The van der Waals surface area contributed by atoms with Gasteiger partial charge in [-0.05, 0) is 64.8 Å². The molecule has 1 aliphatic rings. The Hall–Kier alpha value is -1.12. The quantitative estimate of drug-likeness (QED) is 0.821. The second-order valence-corrected chi connectivity index (χ2v) is 6.60. The molecule has 2 rings (SSSR count). The zero-order valence-corrected chi connectivity index (χ0v) is 14.0. The first-order chi connectivity index (χ1) is 10.1. The predicted molar refractivity (Wildman–Crippen MR) is 91.6 cm³/mol. The van der Waals surface area contributed by atoms with Crippen molar-refractivity contribution in [3.63, 3.8) is 0 Å². The maximum absolute atomic E-state index is 3.82. The highest BCUT2D eigenvalue weighted by Gasteiger charge is 2.20. The van der Waals surface area contributed by atoms with Gasteiger partial charge in [0.1, 0.15) is 0 Å². The van der Waals surface area contributed by atoms with Crippen LogP contribution < -0.4 is 5.32 Å². The first kappa shape index (κ1) is 16.3. The van der Waals surface area contributed by atoms with Gasteiger partial charge in [0.25, 0.3) is 0 Å². The third-order valence-corrected chi connectivity index (χ3v) is 4.49. The highest BCUT2D eigenvalue weighted by atomic mass is 15.1. The summed E-state index contributed by atoms with van der Waals surface area (Å²) in [4.78, 5) is 2.56. The molecule has 1 N–H and O–H groups in total. The van der Waals surface area contributed by atoms with Crippen molar-refractivity contribution in [3.05, 3.63) is 47.0 Å². The van der Waals surface area contributed by atoms with E-state index < -0.39 is 0 Å². The fraction of sp³-hybridized carbons (Fsp3) is 0.579. The maximum atomic E-state index is 3.82. The molecule has 0 saturated carbocycles. The Labute approximate surface area is 130 Å². The van der Waals surface area contributed by atoms with Gasteiger partial charge in [-0.25, -0.2) is 0 Å². The number of hydrogen-bond donors (Lipinski definition) is 1. The first-order valence-corrected chi connectivity index (χ1v) is 8.23. The van der Waals surface area contributed by atoms with Gasteiger partial charge >= 0.3 is 0 Å². The van der Waals surface area contributed by atoms with Gasteiger partial charge in [-0.3, -0.25) is 4.90 Å². The minimum Gasteiger partial charge on any atom is -0.307 e. The zero-order valence-electron chi connectivity index (χ0n) is 14.0. The number of nitrogens with one attached hydrogen (secondary N) is 1. The summed E-state index contributed by atoms with van der Waals surface area (Å²) in [5.41, 5.74) is 4.24. The largest absolute Gasteiger partial charge is 0.307 e. The summed E-state index contributed by atoms with van der Waals surface area (Å²) < 4.78 is 0. The number of hydrogen-bond acceptors (Lipinski definition) is 2. The number of benzene rings is 1. The van der Waals surface area contributed by atoms with E-state index in [0.29, 0.717) is 12.1 Å². The molecule has 0 spiro atoms. The molecule has 21 heavy (non-hydrogen) atoms. The van der Waals surface area contributed by atoms with E-state index in [0.717, 1.165) is 6.54 Å². The molecule has 1 saturated heterocycles. The smallest absolute Gasteiger partial charge is 0.0296 e. The zero-order chi connectivity index (χ0) is 15.2. The maximum Gasteiger partial charge on any atom is 0.0296 e. The molecule has 1 aliphatic heterocycles. The van der Waals surface area contributed by atoms with Gasteiger partial charge in [0.05, 0.1) is 0 Å². The number of piperidine rings is 1. The fourth-order valence-corrected chi connectivity index (χ4v) is 3.11. The molecule has 1 atom stereocenters.